The molecule has 34 heavy (non-hydrogen) atoms. The highest BCUT2D eigenvalue weighted by Crippen LogP contribution is 2.38. The van der Waals surface area contributed by atoms with Crippen molar-refractivity contribution in [2.24, 2.45) is 0 Å². The lowest BCUT2D eigenvalue weighted by Gasteiger charge is -2.26. The van der Waals surface area contributed by atoms with Gasteiger partial charge in [-0.3, -0.25) is 4.79 Å². The van der Waals surface area contributed by atoms with Crippen LogP contribution in [0.15, 0.2) is 48.8 Å². The second-order valence-corrected chi connectivity index (χ2v) is 8.60. The van der Waals surface area contributed by atoms with E-state index in [2.05, 4.69) is 15.3 Å². The minimum Gasteiger partial charge on any atom is -0.467 e. The van der Waals surface area contributed by atoms with Gasteiger partial charge in [0.25, 0.3) is 0 Å². The number of nitrogens with one attached hydrogen (secondary N) is 1. The summed E-state index contributed by atoms with van der Waals surface area (Å²) in [6.07, 6.45) is 4.45. The Kier molecular flexibility index (Phi) is 7.17. The van der Waals surface area contributed by atoms with Crippen LogP contribution in [0.5, 0.6) is 0 Å². The van der Waals surface area contributed by atoms with Crippen LogP contribution in [0.25, 0.3) is 10.2 Å². The quantitative estimate of drug-likeness (QED) is 0.406. The van der Waals surface area contributed by atoms with Gasteiger partial charge >= 0.3 is 11.9 Å². The number of rotatable bonds is 7. The standard InChI is InChI=1S/C24H24N4O5S/c1-3-33-19(30)10-9-18(29)28-12-11-16-17(13-28)34-23-20(16)22(25-14-26-23)27-21(24(31)32-2)15-7-5-4-6-8-15/h4-10,14,21H,3,11-13H2,1-2H3,(H,25,26,27)/t21-/m0/s1. The summed E-state index contributed by atoms with van der Waals surface area (Å²) in [6.45, 7) is 2.85. The van der Waals surface area contributed by atoms with E-state index in [0.29, 0.717) is 25.3 Å². The summed E-state index contributed by atoms with van der Waals surface area (Å²) in [7, 11) is 1.35. The van der Waals surface area contributed by atoms with Crippen LogP contribution in [0.3, 0.4) is 0 Å². The predicted molar refractivity (Wildman–Crippen MR) is 127 cm³/mol. The molecule has 1 aliphatic heterocycles. The molecule has 1 aliphatic rings. The van der Waals surface area contributed by atoms with Crippen molar-refractivity contribution >= 4 is 45.2 Å². The second kappa shape index (κ2) is 10.4. The fourth-order valence-corrected chi connectivity index (χ4v) is 5.04. The van der Waals surface area contributed by atoms with Crippen molar-refractivity contribution in [1.82, 2.24) is 14.9 Å². The molecule has 1 amide bonds. The molecule has 0 saturated carbocycles. The first-order chi connectivity index (χ1) is 16.5. The summed E-state index contributed by atoms with van der Waals surface area (Å²) in [5.74, 6) is -0.675. The summed E-state index contributed by atoms with van der Waals surface area (Å²) in [6, 6.07) is 8.57. The second-order valence-electron chi connectivity index (χ2n) is 7.51. The Balaban J connectivity index is 1.60. The highest BCUT2D eigenvalue weighted by Gasteiger charge is 2.28. The predicted octanol–water partition coefficient (Wildman–Crippen LogP) is 3.02. The first kappa shape index (κ1) is 23.4. The van der Waals surface area contributed by atoms with Crippen molar-refractivity contribution in [3.63, 3.8) is 0 Å². The smallest absolute Gasteiger partial charge is 0.333 e. The lowest BCUT2D eigenvalue weighted by Crippen LogP contribution is -2.34. The molecule has 0 saturated heterocycles. The van der Waals surface area contributed by atoms with Crippen LogP contribution in [-0.4, -0.2) is 53.0 Å². The van der Waals surface area contributed by atoms with Gasteiger partial charge in [-0.05, 0) is 24.5 Å². The Morgan fingerprint density at radius 2 is 2.00 bits per heavy atom. The third-order valence-electron chi connectivity index (χ3n) is 5.45. The number of esters is 2. The van der Waals surface area contributed by atoms with Crippen LogP contribution in [0.4, 0.5) is 5.82 Å². The number of amides is 1. The van der Waals surface area contributed by atoms with Crippen LogP contribution < -0.4 is 5.32 Å². The summed E-state index contributed by atoms with van der Waals surface area (Å²) in [4.78, 5) is 48.9. The fourth-order valence-electron chi connectivity index (χ4n) is 3.84. The van der Waals surface area contributed by atoms with Crippen LogP contribution >= 0.6 is 11.3 Å². The molecule has 2 aromatic heterocycles. The van der Waals surface area contributed by atoms with E-state index in [9.17, 15) is 14.4 Å². The first-order valence-corrected chi connectivity index (χ1v) is 11.6. The molecular weight excluding hydrogens is 456 g/mol. The highest BCUT2D eigenvalue weighted by molar-refractivity contribution is 7.19. The molecular formula is C24H24N4O5S. The van der Waals surface area contributed by atoms with Gasteiger partial charge < -0.3 is 19.7 Å². The molecule has 4 rings (SSSR count). The number of aromatic nitrogens is 2. The number of hydrogen-bond acceptors (Lipinski definition) is 9. The van der Waals surface area contributed by atoms with Crippen LogP contribution in [0.2, 0.25) is 0 Å². The molecule has 10 heteroatoms. The molecule has 0 radical (unpaired) electrons. The fraction of sp³-hybridized carbons (Fsp3) is 0.292. The van der Waals surface area contributed by atoms with E-state index in [0.717, 1.165) is 32.3 Å². The van der Waals surface area contributed by atoms with E-state index in [4.69, 9.17) is 9.47 Å². The van der Waals surface area contributed by atoms with Gasteiger partial charge in [-0.1, -0.05) is 30.3 Å². The van der Waals surface area contributed by atoms with Crippen LogP contribution in [0.1, 0.15) is 29.0 Å². The van der Waals surface area contributed by atoms with E-state index in [1.807, 2.05) is 30.3 Å². The van der Waals surface area contributed by atoms with Crippen molar-refractivity contribution in [2.45, 2.75) is 25.9 Å². The van der Waals surface area contributed by atoms with E-state index in [1.54, 1.807) is 11.8 Å². The monoisotopic (exact) mass is 480 g/mol. The maximum atomic E-state index is 12.6. The molecule has 176 valence electrons. The van der Waals surface area contributed by atoms with Gasteiger partial charge in [0.2, 0.25) is 5.91 Å². The van der Waals surface area contributed by atoms with Gasteiger partial charge in [0.05, 0.1) is 25.6 Å². The Labute approximate surface area is 200 Å². The van der Waals surface area contributed by atoms with Gasteiger partial charge in [-0.25, -0.2) is 19.6 Å². The summed E-state index contributed by atoms with van der Waals surface area (Å²) in [5.41, 5.74) is 1.81. The molecule has 9 nitrogen and oxygen atoms in total. The number of nitrogens with zero attached hydrogens (tertiary/aromatic N) is 3. The van der Waals surface area contributed by atoms with Crippen molar-refractivity contribution < 1.29 is 23.9 Å². The van der Waals surface area contributed by atoms with Gasteiger partial charge in [-0.2, -0.15) is 0 Å². The maximum absolute atomic E-state index is 12.6. The van der Waals surface area contributed by atoms with E-state index in [-0.39, 0.29) is 12.5 Å². The van der Waals surface area contributed by atoms with Crippen LogP contribution in [-0.2, 0) is 36.8 Å². The SMILES string of the molecule is CCOC(=O)C=CC(=O)N1CCc2c(sc3ncnc(N[C@H](C(=O)OC)c4ccccc4)c23)C1. The summed E-state index contributed by atoms with van der Waals surface area (Å²) in [5, 5.41) is 4.09. The van der Waals surface area contributed by atoms with Gasteiger partial charge in [-0.15, -0.1) is 11.3 Å². The Bertz CT molecular complexity index is 1240. The number of carbonyl (C=O) groups excluding carboxylic acids is 3. The van der Waals surface area contributed by atoms with Crippen molar-refractivity contribution in [1.29, 1.82) is 0 Å². The zero-order valence-electron chi connectivity index (χ0n) is 18.8. The molecule has 0 spiro atoms. The maximum Gasteiger partial charge on any atom is 0.333 e. The number of carbonyl (C=O) groups is 3. The zero-order chi connectivity index (χ0) is 24.1. The van der Waals surface area contributed by atoms with Gasteiger partial charge in [0, 0.05) is 23.6 Å². The molecule has 0 aliphatic carbocycles. The summed E-state index contributed by atoms with van der Waals surface area (Å²) >= 11 is 1.49. The topological polar surface area (TPSA) is 111 Å². The van der Waals surface area contributed by atoms with Crippen molar-refractivity contribution in [2.75, 3.05) is 25.6 Å². The minimum absolute atomic E-state index is 0.254. The average Bonchev–Trinajstić information content (AvgIpc) is 3.24. The molecule has 0 unspecified atom stereocenters. The minimum atomic E-state index is -0.727. The molecule has 0 fully saturated rings. The Morgan fingerprint density at radius 1 is 1.21 bits per heavy atom. The molecule has 1 N–H and O–H groups in total. The lowest BCUT2D eigenvalue weighted by molar-refractivity contribution is -0.141. The van der Waals surface area contributed by atoms with Crippen molar-refractivity contribution in [3.8, 4) is 0 Å². The lowest BCUT2D eigenvalue weighted by atomic mass is 10.0. The largest absolute Gasteiger partial charge is 0.467 e. The number of benzene rings is 1. The number of hydrogen-bond donors (Lipinski definition) is 1. The third-order valence-corrected chi connectivity index (χ3v) is 6.57. The van der Waals surface area contributed by atoms with Crippen molar-refractivity contribution in [3.05, 3.63) is 64.8 Å². The number of methoxy groups -OCH3 is 1. The van der Waals surface area contributed by atoms with E-state index >= 15 is 0 Å². The highest BCUT2D eigenvalue weighted by atomic mass is 32.1. The Hall–Kier alpha value is -3.79. The molecule has 1 aromatic carbocycles. The molecule has 1 atom stereocenters. The number of ether oxygens (including phenoxy) is 2. The van der Waals surface area contributed by atoms with E-state index < -0.39 is 18.0 Å². The van der Waals surface area contributed by atoms with E-state index in [1.165, 1.54) is 30.8 Å². The Morgan fingerprint density at radius 3 is 2.74 bits per heavy atom. The normalized spacial score (nSPS) is 14.0. The van der Waals surface area contributed by atoms with Gasteiger partial charge in [0.1, 0.15) is 17.0 Å². The number of anilines is 1. The van der Waals surface area contributed by atoms with Crippen LogP contribution in [0, 0.1) is 0 Å². The summed E-state index contributed by atoms with van der Waals surface area (Å²) < 4.78 is 9.84. The first-order valence-electron chi connectivity index (χ1n) is 10.8. The van der Waals surface area contributed by atoms with Gasteiger partial charge in [0.15, 0.2) is 6.04 Å². The molecule has 3 aromatic rings. The number of thiophene rings is 1. The average molecular weight is 481 g/mol. The molecule has 3 heterocycles. The number of fused-ring (bicyclic) bond motifs is 3. The molecule has 0 bridgehead atoms. The zero-order valence-corrected chi connectivity index (χ0v) is 19.6. The third kappa shape index (κ3) is 4.91.